The predicted octanol–water partition coefficient (Wildman–Crippen LogP) is 6.49. The first-order valence-electron chi connectivity index (χ1n) is 8.31. The summed E-state index contributed by atoms with van der Waals surface area (Å²) in [5.74, 6) is 0.549. The molecule has 0 saturated carbocycles. The molecule has 0 fully saturated rings. The second-order valence-corrected chi connectivity index (χ2v) is 7.89. The number of hydrogen-bond donors (Lipinski definition) is 1. The van der Waals surface area contributed by atoms with E-state index >= 15 is 0 Å². The monoisotopic (exact) mass is 484 g/mol. The van der Waals surface area contributed by atoms with Crippen LogP contribution in [0.2, 0.25) is 0 Å². The molecule has 5 heteroatoms. The van der Waals surface area contributed by atoms with Crippen LogP contribution in [0.5, 0.6) is 5.75 Å². The number of rotatable bonds is 4. The van der Waals surface area contributed by atoms with Crippen molar-refractivity contribution < 1.29 is 14.3 Å². The van der Waals surface area contributed by atoms with E-state index in [1.165, 1.54) is 0 Å². The van der Waals surface area contributed by atoms with E-state index in [2.05, 4.69) is 31.9 Å². The number of carbonyl (C=O) groups is 1. The van der Waals surface area contributed by atoms with Gasteiger partial charge in [0.1, 0.15) is 17.1 Å². The lowest BCUT2D eigenvalue weighted by molar-refractivity contribution is 0.103. The third kappa shape index (κ3) is 3.45. The number of ketones is 1. The van der Waals surface area contributed by atoms with Crippen LogP contribution < -0.4 is 0 Å². The molecule has 1 aromatic heterocycles. The fourth-order valence-electron chi connectivity index (χ4n) is 3.09. The molecule has 3 nitrogen and oxygen atoms in total. The highest BCUT2D eigenvalue weighted by Crippen LogP contribution is 2.36. The average molecular weight is 486 g/mol. The lowest BCUT2D eigenvalue weighted by atomic mass is 9.97. The molecule has 0 amide bonds. The molecule has 27 heavy (non-hydrogen) atoms. The van der Waals surface area contributed by atoms with Gasteiger partial charge in [-0.3, -0.25) is 4.79 Å². The van der Waals surface area contributed by atoms with Gasteiger partial charge in [-0.1, -0.05) is 48.5 Å². The minimum Gasteiger partial charge on any atom is -0.506 e. The minimum absolute atomic E-state index is 0.0631. The third-order valence-corrected chi connectivity index (χ3v) is 5.59. The highest BCUT2D eigenvalue weighted by atomic mass is 79.9. The molecule has 0 atom stereocenters. The van der Waals surface area contributed by atoms with Crippen LogP contribution in [0, 0.1) is 0 Å². The van der Waals surface area contributed by atoms with Crippen molar-refractivity contribution in [3.63, 3.8) is 0 Å². The predicted molar refractivity (Wildman–Crippen MR) is 112 cm³/mol. The topological polar surface area (TPSA) is 50.4 Å². The molecule has 0 radical (unpaired) electrons. The van der Waals surface area contributed by atoms with Crippen molar-refractivity contribution in [3.05, 3.63) is 98.1 Å². The van der Waals surface area contributed by atoms with Crippen LogP contribution in [-0.4, -0.2) is 10.9 Å². The summed E-state index contributed by atoms with van der Waals surface area (Å²) in [4.78, 5) is 13.4. The molecule has 0 unspecified atom stereocenters. The smallest absolute Gasteiger partial charge is 0.197 e. The van der Waals surface area contributed by atoms with Gasteiger partial charge in [-0.15, -0.1) is 0 Å². The first kappa shape index (κ1) is 18.0. The molecular weight excluding hydrogens is 472 g/mol. The SMILES string of the molecule is O=C(c1cc(Br)c(O)c(Br)c1)c1c(Cc2ccccc2)oc2ccccc12. The van der Waals surface area contributed by atoms with E-state index in [0.29, 0.717) is 37.8 Å². The number of phenols is 1. The van der Waals surface area contributed by atoms with Crippen LogP contribution >= 0.6 is 31.9 Å². The van der Waals surface area contributed by atoms with Gasteiger partial charge in [-0.2, -0.15) is 0 Å². The van der Waals surface area contributed by atoms with Crippen LogP contribution in [0.4, 0.5) is 0 Å². The van der Waals surface area contributed by atoms with E-state index < -0.39 is 0 Å². The van der Waals surface area contributed by atoms with Crippen LogP contribution in [-0.2, 0) is 6.42 Å². The van der Waals surface area contributed by atoms with Crippen LogP contribution in [0.15, 0.2) is 80.1 Å². The number of furan rings is 1. The zero-order valence-corrected chi connectivity index (χ0v) is 17.2. The maximum Gasteiger partial charge on any atom is 0.197 e. The molecule has 3 aromatic carbocycles. The van der Waals surface area contributed by atoms with Gasteiger partial charge in [-0.05, 0) is 55.6 Å². The van der Waals surface area contributed by atoms with Crippen molar-refractivity contribution in [1.82, 2.24) is 0 Å². The summed E-state index contributed by atoms with van der Waals surface area (Å²) < 4.78 is 6.95. The summed E-state index contributed by atoms with van der Waals surface area (Å²) in [7, 11) is 0. The Bertz CT molecular complexity index is 1120. The van der Waals surface area contributed by atoms with E-state index in [-0.39, 0.29) is 11.5 Å². The number of aromatic hydroxyl groups is 1. The normalized spacial score (nSPS) is 11.0. The Hall–Kier alpha value is -2.37. The quantitative estimate of drug-likeness (QED) is 0.336. The Balaban J connectivity index is 1.87. The fourth-order valence-corrected chi connectivity index (χ4v) is 4.28. The van der Waals surface area contributed by atoms with Gasteiger partial charge in [0, 0.05) is 17.4 Å². The molecule has 4 rings (SSSR count). The van der Waals surface area contributed by atoms with Crippen LogP contribution in [0.3, 0.4) is 0 Å². The second kappa shape index (κ2) is 7.33. The Kier molecular flexibility index (Phi) is 4.89. The van der Waals surface area contributed by atoms with Crippen molar-refractivity contribution in [2.24, 2.45) is 0 Å². The zero-order chi connectivity index (χ0) is 19.0. The zero-order valence-electron chi connectivity index (χ0n) is 14.1. The molecule has 0 spiro atoms. The van der Waals surface area contributed by atoms with Crippen molar-refractivity contribution in [3.8, 4) is 5.75 Å². The molecule has 1 heterocycles. The number of carbonyl (C=O) groups excluding carboxylic acids is 1. The summed E-state index contributed by atoms with van der Waals surface area (Å²) in [6.07, 6.45) is 0.525. The minimum atomic E-state index is -0.146. The first-order valence-corrected chi connectivity index (χ1v) is 9.90. The van der Waals surface area contributed by atoms with Gasteiger partial charge < -0.3 is 9.52 Å². The van der Waals surface area contributed by atoms with Crippen LogP contribution in [0.1, 0.15) is 27.2 Å². The van der Waals surface area contributed by atoms with Crippen molar-refractivity contribution >= 4 is 48.6 Å². The summed E-state index contributed by atoms with van der Waals surface area (Å²) in [6.45, 7) is 0. The number of hydrogen-bond acceptors (Lipinski definition) is 3. The van der Waals surface area contributed by atoms with Gasteiger partial charge in [0.2, 0.25) is 0 Å². The summed E-state index contributed by atoms with van der Waals surface area (Å²) in [5, 5.41) is 10.7. The molecule has 0 aliphatic heterocycles. The van der Waals surface area contributed by atoms with Gasteiger partial charge in [0.15, 0.2) is 5.78 Å². The Morgan fingerprint density at radius 2 is 1.56 bits per heavy atom. The van der Waals surface area contributed by atoms with Crippen molar-refractivity contribution in [1.29, 1.82) is 0 Å². The van der Waals surface area contributed by atoms with E-state index in [0.717, 1.165) is 10.9 Å². The Morgan fingerprint density at radius 3 is 2.26 bits per heavy atom. The third-order valence-electron chi connectivity index (χ3n) is 4.38. The van der Waals surface area contributed by atoms with Gasteiger partial charge in [0.25, 0.3) is 0 Å². The van der Waals surface area contributed by atoms with Gasteiger partial charge in [0.05, 0.1) is 14.5 Å². The van der Waals surface area contributed by atoms with Gasteiger partial charge >= 0.3 is 0 Å². The second-order valence-electron chi connectivity index (χ2n) is 6.18. The standard InChI is InChI=1S/C22H14Br2O3/c23-16-11-14(12-17(24)22(16)26)21(25)20-15-8-4-5-9-18(15)27-19(20)10-13-6-2-1-3-7-13/h1-9,11-12,26H,10H2. The fraction of sp³-hybridized carbons (Fsp3) is 0.0455. The first-order chi connectivity index (χ1) is 13.0. The molecular formula is C22H14Br2O3. The molecule has 1 N–H and O–H groups in total. The van der Waals surface area contributed by atoms with E-state index in [9.17, 15) is 9.90 Å². The van der Waals surface area contributed by atoms with Crippen molar-refractivity contribution in [2.45, 2.75) is 6.42 Å². The van der Waals surface area contributed by atoms with Gasteiger partial charge in [-0.25, -0.2) is 0 Å². The largest absolute Gasteiger partial charge is 0.506 e. The Morgan fingerprint density at radius 1 is 0.926 bits per heavy atom. The van der Waals surface area contributed by atoms with E-state index in [1.807, 2.05) is 54.6 Å². The highest BCUT2D eigenvalue weighted by molar-refractivity contribution is 9.11. The molecule has 0 aliphatic carbocycles. The van der Waals surface area contributed by atoms with Crippen LogP contribution in [0.25, 0.3) is 11.0 Å². The summed E-state index contributed by atoms with van der Waals surface area (Å²) in [6, 6.07) is 20.7. The molecule has 134 valence electrons. The molecule has 4 aromatic rings. The maximum absolute atomic E-state index is 13.4. The number of para-hydroxylation sites is 1. The van der Waals surface area contributed by atoms with E-state index in [4.69, 9.17) is 4.42 Å². The number of phenolic OH excluding ortho intramolecular Hbond substituents is 1. The lowest BCUT2D eigenvalue weighted by Crippen LogP contribution is -2.04. The summed E-state index contributed by atoms with van der Waals surface area (Å²) >= 11 is 6.59. The molecule has 0 aliphatic rings. The van der Waals surface area contributed by atoms with E-state index in [1.54, 1.807) is 12.1 Å². The summed E-state index contributed by atoms with van der Waals surface area (Å²) in [5.41, 5.74) is 2.77. The average Bonchev–Trinajstić information content (AvgIpc) is 3.03. The molecule has 0 bridgehead atoms. The number of benzene rings is 3. The lowest BCUT2D eigenvalue weighted by Gasteiger charge is -2.07. The number of halogens is 2. The molecule has 0 saturated heterocycles. The maximum atomic E-state index is 13.4. The Labute approximate surface area is 172 Å². The number of fused-ring (bicyclic) bond motifs is 1. The van der Waals surface area contributed by atoms with Crippen molar-refractivity contribution in [2.75, 3.05) is 0 Å². The highest BCUT2D eigenvalue weighted by Gasteiger charge is 2.23.